The van der Waals surface area contributed by atoms with E-state index >= 15 is 0 Å². The summed E-state index contributed by atoms with van der Waals surface area (Å²) in [5.41, 5.74) is 3.28. The first kappa shape index (κ1) is 13.9. The van der Waals surface area contributed by atoms with Crippen molar-refractivity contribution >= 4 is 39.1 Å². The van der Waals surface area contributed by atoms with Crippen LogP contribution in [0, 0.1) is 6.92 Å². The van der Waals surface area contributed by atoms with Crippen LogP contribution in [0.5, 0.6) is 0 Å². The molecule has 0 bridgehead atoms. The van der Waals surface area contributed by atoms with E-state index in [1.54, 1.807) is 12.4 Å². The van der Waals surface area contributed by atoms with Crippen LogP contribution in [0.15, 0.2) is 41.1 Å². The molecule has 0 saturated carbocycles. The highest BCUT2D eigenvalue weighted by Crippen LogP contribution is 2.33. The van der Waals surface area contributed by atoms with Crippen LogP contribution in [-0.4, -0.2) is 4.98 Å². The summed E-state index contributed by atoms with van der Waals surface area (Å²) in [6.07, 6.45) is 4.06. The summed E-state index contributed by atoms with van der Waals surface area (Å²) in [5.74, 6) is 0. The third kappa shape index (κ3) is 3.05. The predicted octanol–water partition coefficient (Wildman–Crippen LogP) is 5.33. The van der Waals surface area contributed by atoms with Crippen molar-refractivity contribution in [3.63, 3.8) is 0 Å². The van der Waals surface area contributed by atoms with E-state index in [1.807, 2.05) is 18.2 Å². The Kier molecular flexibility index (Phi) is 4.66. The van der Waals surface area contributed by atoms with Crippen molar-refractivity contribution in [2.24, 2.45) is 0 Å². The lowest BCUT2D eigenvalue weighted by Gasteiger charge is -2.14. The molecule has 1 nitrogen and oxygen atoms in total. The maximum absolute atomic E-state index is 6.48. The summed E-state index contributed by atoms with van der Waals surface area (Å²) >= 11 is 16.2. The molecule has 1 aromatic heterocycles. The van der Waals surface area contributed by atoms with Crippen LogP contribution >= 0.6 is 39.1 Å². The second kappa shape index (κ2) is 6.05. The number of nitrogens with zero attached hydrogens (tertiary/aromatic N) is 1. The quantitative estimate of drug-likeness (QED) is 0.686. The first-order valence-electron chi connectivity index (χ1n) is 5.57. The molecule has 0 spiro atoms. The molecule has 0 aliphatic heterocycles. The maximum Gasteiger partial charge on any atom is 0.0637 e. The SMILES string of the molecule is Cc1cccc(C(Cl)Cc2ccncc2Cl)c1Br. The van der Waals surface area contributed by atoms with Gasteiger partial charge in [0.15, 0.2) is 0 Å². The third-order valence-corrected chi connectivity index (χ3v) is 4.63. The number of alkyl halides is 1. The largest absolute Gasteiger partial charge is 0.263 e. The Balaban J connectivity index is 2.25. The molecule has 0 N–H and O–H groups in total. The number of hydrogen-bond donors (Lipinski definition) is 0. The number of benzene rings is 1. The lowest BCUT2D eigenvalue weighted by atomic mass is 10.0. The molecule has 1 heterocycles. The van der Waals surface area contributed by atoms with E-state index in [1.165, 1.54) is 5.56 Å². The minimum atomic E-state index is -0.112. The first-order chi connectivity index (χ1) is 8.59. The van der Waals surface area contributed by atoms with E-state index in [9.17, 15) is 0 Å². The van der Waals surface area contributed by atoms with Gasteiger partial charge in [-0.15, -0.1) is 11.6 Å². The van der Waals surface area contributed by atoms with Gasteiger partial charge in [-0.1, -0.05) is 45.7 Å². The normalized spacial score (nSPS) is 12.4. The molecule has 2 aromatic rings. The van der Waals surface area contributed by atoms with Gasteiger partial charge >= 0.3 is 0 Å². The van der Waals surface area contributed by atoms with Crippen LogP contribution in [-0.2, 0) is 6.42 Å². The molecule has 2 rings (SSSR count). The molecule has 18 heavy (non-hydrogen) atoms. The van der Waals surface area contributed by atoms with Crippen LogP contribution in [0.25, 0.3) is 0 Å². The van der Waals surface area contributed by atoms with Crippen LogP contribution in [0.4, 0.5) is 0 Å². The Morgan fingerprint density at radius 3 is 2.83 bits per heavy atom. The predicted molar refractivity (Wildman–Crippen MR) is 80.4 cm³/mol. The summed E-state index contributed by atoms with van der Waals surface area (Å²) in [4.78, 5) is 3.97. The molecule has 0 aliphatic rings. The lowest BCUT2D eigenvalue weighted by molar-refractivity contribution is 0.909. The lowest BCUT2D eigenvalue weighted by Crippen LogP contribution is -1.99. The highest BCUT2D eigenvalue weighted by Gasteiger charge is 2.14. The fourth-order valence-corrected chi connectivity index (χ4v) is 3.00. The van der Waals surface area contributed by atoms with Gasteiger partial charge in [0.25, 0.3) is 0 Å². The average molecular weight is 345 g/mol. The molecule has 0 saturated heterocycles. The number of aromatic nitrogens is 1. The Morgan fingerprint density at radius 1 is 1.33 bits per heavy atom. The van der Waals surface area contributed by atoms with Crippen LogP contribution < -0.4 is 0 Å². The van der Waals surface area contributed by atoms with Crippen molar-refractivity contribution in [2.45, 2.75) is 18.7 Å². The summed E-state index contributed by atoms with van der Waals surface area (Å²) in [5, 5.41) is 0.547. The van der Waals surface area contributed by atoms with Crippen molar-refractivity contribution < 1.29 is 0 Å². The number of hydrogen-bond acceptors (Lipinski definition) is 1. The van der Waals surface area contributed by atoms with E-state index < -0.39 is 0 Å². The topological polar surface area (TPSA) is 12.9 Å². The van der Waals surface area contributed by atoms with Crippen molar-refractivity contribution in [3.05, 3.63) is 62.8 Å². The highest BCUT2D eigenvalue weighted by atomic mass is 79.9. The Labute approximate surface area is 125 Å². The molecule has 0 radical (unpaired) electrons. The Bertz CT molecular complexity index is 557. The van der Waals surface area contributed by atoms with E-state index in [0.717, 1.165) is 15.6 Å². The molecule has 4 heteroatoms. The summed E-state index contributed by atoms with van der Waals surface area (Å²) in [6, 6.07) is 8.00. The number of halogens is 3. The molecule has 1 aromatic carbocycles. The van der Waals surface area contributed by atoms with Crippen LogP contribution in [0.1, 0.15) is 22.1 Å². The van der Waals surface area contributed by atoms with Crippen molar-refractivity contribution in [3.8, 4) is 0 Å². The molecule has 94 valence electrons. The summed E-state index contributed by atoms with van der Waals surface area (Å²) < 4.78 is 1.06. The summed E-state index contributed by atoms with van der Waals surface area (Å²) in [6.45, 7) is 2.05. The van der Waals surface area contributed by atoms with Gasteiger partial charge in [0.2, 0.25) is 0 Å². The summed E-state index contributed by atoms with van der Waals surface area (Å²) in [7, 11) is 0. The van der Waals surface area contributed by atoms with Gasteiger partial charge in [0.05, 0.1) is 10.4 Å². The van der Waals surface area contributed by atoms with Crippen LogP contribution in [0.3, 0.4) is 0 Å². The van der Waals surface area contributed by atoms with Gasteiger partial charge in [-0.2, -0.15) is 0 Å². The average Bonchev–Trinajstić information content (AvgIpc) is 2.35. The monoisotopic (exact) mass is 343 g/mol. The molecule has 0 amide bonds. The molecule has 0 aliphatic carbocycles. The third-order valence-electron chi connectivity index (χ3n) is 2.81. The molecular weight excluding hydrogens is 333 g/mol. The molecule has 1 unspecified atom stereocenters. The van der Waals surface area contributed by atoms with Gasteiger partial charge < -0.3 is 0 Å². The molecule has 1 atom stereocenters. The number of aryl methyl sites for hydroxylation is 1. The minimum absolute atomic E-state index is 0.112. The zero-order chi connectivity index (χ0) is 13.1. The van der Waals surface area contributed by atoms with E-state index in [-0.39, 0.29) is 5.38 Å². The van der Waals surface area contributed by atoms with E-state index in [2.05, 4.69) is 33.9 Å². The van der Waals surface area contributed by atoms with Gasteiger partial charge in [-0.05, 0) is 36.1 Å². The van der Waals surface area contributed by atoms with Crippen LogP contribution in [0.2, 0.25) is 5.02 Å². The van der Waals surface area contributed by atoms with Gasteiger partial charge in [-0.25, -0.2) is 0 Å². The second-order valence-corrected chi connectivity index (χ2v) is 5.84. The Morgan fingerprint density at radius 2 is 2.11 bits per heavy atom. The number of rotatable bonds is 3. The van der Waals surface area contributed by atoms with E-state index in [4.69, 9.17) is 23.2 Å². The van der Waals surface area contributed by atoms with Crippen molar-refractivity contribution in [1.29, 1.82) is 0 Å². The fourth-order valence-electron chi connectivity index (χ4n) is 1.78. The van der Waals surface area contributed by atoms with Gasteiger partial charge in [0.1, 0.15) is 0 Å². The fraction of sp³-hybridized carbons (Fsp3) is 0.214. The minimum Gasteiger partial charge on any atom is -0.263 e. The smallest absolute Gasteiger partial charge is 0.0637 e. The Hall–Kier alpha value is -0.570. The van der Waals surface area contributed by atoms with E-state index in [0.29, 0.717) is 11.4 Å². The molecule has 0 fully saturated rings. The zero-order valence-corrected chi connectivity index (χ0v) is 12.9. The highest BCUT2D eigenvalue weighted by molar-refractivity contribution is 9.10. The standard InChI is InChI=1S/C14H12BrCl2N/c1-9-3-2-4-11(14(9)15)12(16)7-10-5-6-18-8-13(10)17/h2-6,8,12H,7H2,1H3. The van der Waals surface area contributed by atoms with Crippen molar-refractivity contribution in [2.75, 3.05) is 0 Å². The number of pyridine rings is 1. The first-order valence-corrected chi connectivity index (χ1v) is 7.18. The van der Waals surface area contributed by atoms with Gasteiger partial charge in [0, 0.05) is 16.9 Å². The van der Waals surface area contributed by atoms with Gasteiger partial charge in [-0.3, -0.25) is 4.98 Å². The van der Waals surface area contributed by atoms with Crippen molar-refractivity contribution in [1.82, 2.24) is 4.98 Å². The molecular formula is C14H12BrCl2N. The maximum atomic E-state index is 6.48. The zero-order valence-electron chi connectivity index (χ0n) is 9.83. The second-order valence-electron chi connectivity index (χ2n) is 4.12.